The SMILES string of the molecule is COc1cc(/C=N/NC(=O)c2cc(C)oc2C)cc(Br)c1O. The average molecular weight is 367 g/mol. The fourth-order valence-electron chi connectivity index (χ4n) is 1.91. The summed E-state index contributed by atoms with van der Waals surface area (Å²) in [6.45, 7) is 3.49. The molecule has 0 aliphatic rings. The molecule has 0 aliphatic heterocycles. The van der Waals surface area contributed by atoms with Gasteiger partial charge in [-0.1, -0.05) is 0 Å². The number of furan rings is 1. The van der Waals surface area contributed by atoms with Gasteiger partial charge in [-0.2, -0.15) is 5.10 Å². The van der Waals surface area contributed by atoms with Crippen molar-refractivity contribution in [3.8, 4) is 11.5 Å². The van der Waals surface area contributed by atoms with Crippen LogP contribution in [-0.2, 0) is 0 Å². The summed E-state index contributed by atoms with van der Waals surface area (Å²) in [5.74, 6) is 1.17. The predicted octanol–water partition coefficient (Wildman–Crippen LogP) is 3.14. The summed E-state index contributed by atoms with van der Waals surface area (Å²) in [4.78, 5) is 12.0. The van der Waals surface area contributed by atoms with Gasteiger partial charge in [0.1, 0.15) is 11.5 Å². The van der Waals surface area contributed by atoms with E-state index in [0.29, 0.717) is 32.9 Å². The molecular weight excluding hydrogens is 352 g/mol. The van der Waals surface area contributed by atoms with Crippen LogP contribution in [0.3, 0.4) is 0 Å². The molecule has 0 saturated heterocycles. The molecule has 2 rings (SSSR count). The highest BCUT2D eigenvalue weighted by Gasteiger charge is 2.12. The van der Waals surface area contributed by atoms with Gasteiger partial charge in [0.15, 0.2) is 11.5 Å². The van der Waals surface area contributed by atoms with E-state index >= 15 is 0 Å². The molecular formula is C15H15BrN2O4. The second kappa shape index (κ2) is 6.65. The maximum absolute atomic E-state index is 12.0. The zero-order valence-corrected chi connectivity index (χ0v) is 13.9. The lowest BCUT2D eigenvalue weighted by Gasteiger charge is -2.06. The van der Waals surface area contributed by atoms with Crippen molar-refractivity contribution in [3.05, 3.63) is 45.3 Å². The molecule has 6 nitrogen and oxygen atoms in total. The van der Waals surface area contributed by atoms with Gasteiger partial charge in [0, 0.05) is 0 Å². The molecule has 2 aromatic rings. The molecule has 7 heteroatoms. The van der Waals surface area contributed by atoms with Gasteiger partial charge in [0.05, 0.1) is 23.4 Å². The summed E-state index contributed by atoms with van der Waals surface area (Å²) in [5.41, 5.74) is 3.52. The molecule has 0 unspecified atom stereocenters. The molecule has 0 saturated carbocycles. The number of rotatable bonds is 4. The third-order valence-electron chi connectivity index (χ3n) is 2.94. The van der Waals surface area contributed by atoms with Crippen LogP contribution in [0.25, 0.3) is 0 Å². The normalized spacial score (nSPS) is 10.9. The van der Waals surface area contributed by atoms with Gasteiger partial charge < -0.3 is 14.3 Å². The number of methoxy groups -OCH3 is 1. The largest absolute Gasteiger partial charge is 0.503 e. The van der Waals surface area contributed by atoms with E-state index in [-0.39, 0.29) is 11.7 Å². The molecule has 1 amide bonds. The number of carbonyl (C=O) groups is 1. The zero-order chi connectivity index (χ0) is 16.3. The van der Waals surface area contributed by atoms with Crippen molar-refractivity contribution < 1.29 is 19.1 Å². The molecule has 0 spiro atoms. The Morgan fingerprint density at radius 2 is 2.14 bits per heavy atom. The number of hydrazone groups is 1. The van der Waals surface area contributed by atoms with Crippen LogP contribution >= 0.6 is 15.9 Å². The molecule has 0 atom stereocenters. The van der Waals surface area contributed by atoms with Crippen molar-refractivity contribution in [2.75, 3.05) is 7.11 Å². The molecule has 116 valence electrons. The van der Waals surface area contributed by atoms with E-state index in [0.717, 1.165) is 0 Å². The minimum Gasteiger partial charge on any atom is -0.503 e. The van der Waals surface area contributed by atoms with Crippen LogP contribution in [0.1, 0.15) is 27.4 Å². The van der Waals surface area contributed by atoms with Crippen molar-refractivity contribution in [1.29, 1.82) is 0 Å². The fourth-order valence-corrected chi connectivity index (χ4v) is 2.37. The second-order valence-electron chi connectivity index (χ2n) is 4.58. The van der Waals surface area contributed by atoms with Crippen LogP contribution in [0.5, 0.6) is 11.5 Å². The number of benzene rings is 1. The van der Waals surface area contributed by atoms with Gasteiger partial charge in [0.25, 0.3) is 5.91 Å². The van der Waals surface area contributed by atoms with Gasteiger partial charge in [-0.3, -0.25) is 4.79 Å². The Kier molecular flexibility index (Phi) is 4.87. The second-order valence-corrected chi connectivity index (χ2v) is 5.43. The van der Waals surface area contributed by atoms with Crippen LogP contribution in [-0.4, -0.2) is 24.3 Å². The van der Waals surface area contributed by atoms with Crippen molar-refractivity contribution >= 4 is 28.1 Å². The number of aryl methyl sites for hydroxylation is 2. The number of phenols is 1. The third kappa shape index (κ3) is 3.48. The first-order valence-electron chi connectivity index (χ1n) is 6.39. The number of aromatic hydroxyl groups is 1. The Hall–Kier alpha value is -2.28. The average Bonchev–Trinajstić information content (AvgIpc) is 2.81. The van der Waals surface area contributed by atoms with E-state index in [1.54, 1.807) is 32.0 Å². The molecule has 1 heterocycles. The highest BCUT2D eigenvalue weighted by molar-refractivity contribution is 9.10. The van der Waals surface area contributed by atoms with Gasteiger partial charge in [0.2, 0.25) is 0 Å². The number of hydrogen-bond donors (Lipinski definition) is 2. The van der Waals surface area contributed by atoms with Crippen LogP contribution in [0.2, 0.25) is 0 Å². The summed E-state index contributed by atoms with van der Waals surface area (Å²) in [5, 5.41) is 13.6. The van der Waals surface area contributed by atoms with Crippen molar-refractivity contribution in [1.82, 2.24) is 5.43 Å². The van der Waals surface area contributed by atoms with Gasteiger partial charge in [-0.25, -0.2) is 5.43 Å². The number of carbonyl (C=O) groups excluding carboxylic acids is 1. The molecule has 22 heavy (non-hydrogen) atoms. The van der Waals surface area contributed by atoms with E-state index in [1.807, 2.05) is 0 Å². The number of hydrogen-bond acceptors (Lipinski definition) is 5. The van der Waals surface area contributed by atoms with Crippen LogP contribution in [0.15, 0.2) is 32.2 Å². The summed E-state index contributed by atoms with van der Waals surface area (Å²) in [6.07, 6.45) is 1.45. The summed E-state index contributed by atoms with van der Waals surface area (Å²) in [7, 11) is 1.45. The molecule has 0 bridgehead atoms. The van der Waals surface area contributed by atoms with E-state index in [9.17, 15) is 9.90 Å². The van der Waals surface area contributed by atoms with Crippen LogP contribution < -0.4 is 10.2 Å². The molecule has 2 N–H and O–H groups in total. The predicted molar refractivity (Wildman–Crippen MR) is 85.6 cm³/mol. The highest BCUT2D eigenvalue weighted by atomic mass is 79.9. The first kappa shape index (κ1) is 16.1. The lowest BCUT2D eigenvalue weighted by atomic mass is 10.2. The highest BCUT2D eigenvalue weighted by Crippen LogP contribution is 2.34. The summed E-state index contributed by atoms with van der Waals surface area (Å²) >= 11 is 3.22. The Morgan fingerprint density at radius 1 is 1.41 bits per heavy atom. The molecule has 0 radical (unpaired) electrons. The number of halogens is 1. The number of phenolic OH excluding ortho intramolecular Hbond substituents is 1. The van der Waals surface area contributed by atoms with Gasteiger partial charge in [-0.15, -0.1) is 0 Å². The molecule has 0 fully saturated rings. The number of nitrogens with zero attached hydrogens (tertiary/aromatic N) is 1. The number of ether oxygens (including phenoxy) is 1. The quantitative estimate of drug-likeness (QED) is 0.642. The lowest BCUT2D eigenvalue weighted by molar-refractivity contribution is 0.0953. The van der Waals surface area contributed by atoms with E-state index in [1.165, 1.54) is 13.3 Å². The monoisotopic (exact) mass is 366 g/mol. The maximum atomic E-state index is 12.0. The van der Waals surface area contributed by atoms with E-state index in [2.05, 4.69) is 26.5 Å². The summed E-state index contributed by atoms with van der Waals surface area (Å²) < 4.78 is 10.8. The van der Waals surface area contributed by atoms with Crippen molar-refractivity contribution in [2.45, 2.75) is 13.8 Å². The van der Waals surface area contributed by atoms with Crippen molar-refractivity contribution in [2.24, 2.45) is 5.10 Å². The zero-order valence-electron chi connectivity index (χ0n) is 12.3. The van der Waals surface area contributed by atoms with Crippen LogP contribution in [0.4, 0.5) is 0 Å². The first-order valence-corrected chi connectivity index (χ1v) is 7.18. The van der Waals surface area contributed by atoms with Gasteiger partial charge >= 0.3 is 0 Å². The standard InChI is InChI=1S/C15H15BrN2O4/c1-8-4-11(9(2)22-8)15(20)18-17-7-10-5-12(16)14(19)13(6-10)21-3/h4-7,19H,1-3H3,(H,18,20)/b17-7+. The Bertz CT molecular complexity index is 737. The topological polar surface area (TPSA) is 84.1 Å². The summed E-state index contributed by atoms with van der Waals surface area (Å²) in [6, 6.07) is 4.91. The number of amides is 1. The smallest absolute Gasteiger partial charge is 0.274 e. The van der Waals surface area contributed by atoms with Gasteiger partial charge in [-0.05, 0) is 53.5 Å². The number of nitrogens with one attached hydrogen (secondary N) is 1. The van der Waals surface area contributed by atoms with E-state index < -0.39 is 0 Å². The Morgan fingerprint density at radius 3 is 2.73 bits per heavy atom. The third-order valence-corrected chi connectivity index (χ3v) is 3.54. The lowest BCUT2D eigenvalue weighted by Crippen LogP contribution is -2.17. The maximum Gasteiger partial charge on any atom is 0.274 e. The molecule has 1 aromatic carbocycles. The Balaban J connectivity index is 2.11. The fraction of sp³-hybridized carbons (Fsp3) is 0.200. The minimum atomic E-state index is -0.351. The van der Waals surface area contributed by atoms with Crippen molar-refractivity contribution in [3.63, 3.8) is 0 Å². The van der Waals surface area contributed by atoms with Crippen LogP contribution in [0, 0.1) is 13.8 Å². The Labute approximate surface area is 135 Å². The molecule has 0 aliphatic carbocycles. The minimum absolute atomic E-state index is 0.00758. The molecule has 1 aromatic heterocycles. The first-order chi connectivity index (χ1) is 10.4. The van der Waals surface area contributed by atoms with E-state index in [4.69, 9.17) is 9.15 Å².